The first kappa shape index (κ1) is 39.0. The normalized spacial score (nSPS) is 14.9. The highest BCUT2D eigenvalue weighted by Crippen LogP contribution is 2.67. The van der Waals surface area contributed by atoms with Crippen molar-refractivity contribution < 1.29 is 0 Å². The Balaban J connectivity index is 1.11. The molecule has 316 valence electrons. The van der Waals surface area contributed by atoms with E-state index in [1.807, 2.05) is 17.4 Å². The third kappa shape index (κ3) is 5.90. The fraction of sp³-hybridized carbons (Fsp3) is 0.0159. The van der Waals surface area contributed by atoms with Crippen LogP contribution >= 0.6 is 11.3 Å². The van der Waals surface area contributed by atoms with Gasteiger partial charge in [0.05, 0.1) is 16.3 Å². The lowest BCUT2D eigenvalue weighted by Crippen LogP contribution is -2.31. The van der Waals surface area contributed by atoms with Gasteiger partial charge in [0.15, 0.2) is 0 Å². The van der Waals surface area contributed by atoms with Gasteiger partial charge in [-0.3, -0.25) is 0 Å². The van der Waals surface area contributed by atoms with Crippen molar-refractivity contribution in [3.63, 3.8) is 0 Å². The first-order valence-corrected chi connectivity index (χ1v) is 23.7. The van der Waals surface area contributed by atoms with E-state index in [9.17, 15) is 0 Å². The molecular formula is C63H43N3S. The van der Waals surface area contributed by atoms with E-state index in [0.717, 1.165) is 50.2 Å². The van der Waals surface area contributed by atoms with Gasteiger partial charge in [-0.2, -0.15) is 0 Å². The van der Waals surface area contributed by atoms with Crippen molar-refractivity contribution in [3.8, 4) is 27.3 Å². The van der Waals surface area contributed by atoms with Crippen molar-refractivity contribution >= 4 is 73.0 Å². The van der Waals surface area contributed by atoms with Gasteiger partial charge < -0.3 is 14.4 Å². The number of fused-ring (bicyclic) bond motifs is 13. The van der Waals surface area contributed by atoms with Crippen LogP contribution in [0.5, 0.6) is 0 Å². The molecule has 0 radical (unpaired) electrons. The number of aromatic nitrogens is 1. The highest BCUT2D eigenvalue weighted by molar-refractivity contribution is 7.22. The van der Waals surface area contributed by atoms with Crippen LogP contribution in [0, 0.1) is 0 Å². The summed E-state index contributed by atoms with van der Waals surface area (Å²) >= 11 is 1.92. The van der Waals surface area contributed by atoms with Crippen LogP contribution in [0.25, 0.3) is 60.5 Å². The quantitative estimate of drug-likeness (QED) is 0.151. The number of benzene rings is 9. The van der Waals surface area contributed by atoms with Gasteiger partial charge in [0.2, 0.25) is 0 Å². The summed E-state index contributed by atoms with van der Waals surface area (Å²) in [6.45, 7) is 4.20. The summed E-state index contributed by atoms with van der Waals surface area (Å²) in [4.78, 5) is 6.12. The van der Waals surface area contributed by atoms with E-state index in [1.54, 1.807) is 0 Å². The van der Waals surface area contributed by atoms with Crippen molar-refractivity contribution in [1.29, 1.82) is 0 Å². The summed E-state index contributed by atoms with van der Waals surface area (Å²) in [6, 6.07) is 84.2. The zero-order chi connectivity index (χ0) is 44.5. The molecule has 9 aromatic carbocycles. The molecular weight excluding hydrogens is 831 g/mol. The maximum atomic E-state index is 4.20. The lowest BCUT2D eigenvalue weighted by atomic mass is 9.70. The summed E-state index contributed by atoms with van der Waals surface area (Å²) in [5.41, 5.74) is 16.3. The van der Waals surface area contributed by atoms with Crippen LogP contribution in [0.2, 0.25) is 0 Å². The fourth-order valence-corrected chi connectivity index (χ4v) is 12.4. The molecule has 1 atom stereocenters. The molecule has 2 heterocycles. The van der Waals surface area contributed by atoms with Crippen LogP contribution in [-0.4, -0.2) is 4.57 Å². The van der Waals surface area contributed by atoms with Crippen molar-refractivity contribution in [2.75, 3.05) is 9.80 Å². The lowest BCUT2D eigenvalue weighted by Gasteiger charge is -2.33. The van der Waals surface area contributed by atoms with E-state index in [4.69, 9.17) is 0 Å². The van der Waals surface area contributed by atoms with E-state index >= 15 is 0 Å². The smallest absolute Gasteiger partial charge is 0.0741 e. The van der Waals surface area contributed by atoms with Gasteiger partial charge in [-0.25, -0.2) is 0 Å². The van der Waals surface area contributed by atoms with Crippen LogP contribution in [0.1, 0.15) is 22.3 Å². The molecule has 0 saturated heterocycles. The Morgan fingerprint density at radius 2 is 1.01 bits per heavy atom. The molecule has 0 fully saturated rings. The van der Waals surface area contributed by atoms with Gasteiger partial charge in [-0.1, -0.05) is 158 Å². The summed E-state index contributed by atoms with van der Waals surface area (Å²) in [6.07, 6.45) is 6.38. The Labute approximate surface area is 394 Å². The molecule has 2 aromatic heterocycles. The first-order chi connectivity index (χ1) is 33.2. The molecule has 13 rings (SSSR count). The van der Waals surface area contributed by atoms with Crippen LogP contribution in [0.3, 0.4) is 0 Å². The standard InChI is InChI=1S/C63H43N3S/c1-2-21-58-54(51-31-16-19-34-59(51)66(58)46-28-13-6-14-29-46)42-64(43-22-7-3-8-23-43)47-36-39-52-57(40-47)63(61-53-32-17-20-35-60(53)67-62(52)61)55-33-18-15-30-49(55)50-38-37-48(41-56(50)63)65(44-24-9-4-10-25-44)45-26-11-5-12-27-45/h2-42H,1H2/b54-42-,58-21+. The van der Waals surface area contributed by atoms with Crippen LogP contribution < -0.4 is 20.4 Å². The molecule has 0 saturated carbocycles. The Morgan fingerprint density at radius 3 is 1.75 bits per heavy atom. The topological polar surface area (TPSA) is 11.4 Å². The molecule has 67 heavy (non-hydrogen) atoms. The third-order valence-electron chi connectivity index (χ3n) is 13.8. The van der Waals surface area contributed by atoms with E-state index in [1.165, 1.54) is 59.3 Å². The van der Waals surface area contributed by atoms with Crippen molar-refractivity contribution in [1.82, 2.24) is 4.57 Å². The molecule has 0 N–H and O–H groups in total. The number of para-hydroxylation sites is 5. The molecule has 1 unspecified atom stereocenters. The highest BCUT2D eigenvalue weighted by atomic mass is 32.1. The zero-order valence-corrected chi connectivity index (χ0v) is 37.4. The van der Waals surface area contributed by atoms with Gasteiger partial charge >= 0.3 is 0 Å². The number of nitrogens with zero attached hydrogens (tertiary/aromatic N) is 3. The number of thiophene rings is 1. The number of hydrogen-bond donors (Lipinski definition) is 0. The van der Waals surface area contributed by atoms with E-state index in [0.29, 0.717) is 0 Å². The summed E-state index contributed by atoms with van der Waals surface area (Å²) in [5, 5.41) is 4.66. The second-order valence-electron chi connectivity index (χ2n) is 17.3. The minimum Gasteiger partial charge on any atom is -0.316 e. The maximum absolute atomic E-state index is 4.20. The summed E-state index contributed by atoms with van der Waals surface area (Å²) < 4.78 is 3.66. The van der Waals surface area contributed by atoms with Gasteiger partial charge in [0, 0.05) is 60.5 Å². The van der Waals surface area contributed by atoms with E-state index in [2.05, 4.69) is 264 Å². The van der Waals surface area contributed by atoms with Gasteiger partial charge in [0.1, 0.15) is 0 Å². The molecule has 2 aliphatic rings. The van der Waals surface area contributed by atoms with Crippen molar-refractivity contribution in [2.24, 2.45) is 0 Å². The number of rotatable bonds is 8. The monoisotopic (exact) mass is 873 g/mol. The number of allylic oxidation sites excluding steroid dienone is 1. The largest absolute Gasteiger partial charge is 0.316 e. The van der Waals surface area contributed by atoms with Crippen molar-refractivity contribution in [2.45, 2.75) is 5.41 Å². The minimum atomic E-state index is -0.602. The average molecular weight is 874 g/mol. The fourth-order valence-electron chi connectivity index (χ4n) is 11.1. The highest BCUT2D eigenvalue weighted by Gasteiger charge is 2.54. The number of hydrogen-bond acceptors (Lipinski definition) is 3. The second kappa shape index (κ2) is 15.6. The molecule has 1 spiro atoms. The Hall–Kier alpha value is -8.44. The first-order valence-electron chi connectivity index (χ1n) is 22.9. The minimum absolute atomic E-state index is 0.602. The molecule has 0 aliphatic heterocycles. The summed E-state index contributed by atoms with van der Waals surface area (Å²) in [5.74, 6) is 0. The van der Waals surface area contributed by atoms with Crippen LogP contribution in [0.15, 0.2) is 243 Å². The van der Waals surface area contributed by atoms with Crippen LogP contribution in [0.4, 0.5) is 28.4 Å². The van der Waals surface area contributed by atoms with E-state index < -0.39 is 5.41 Å². The molecule has 2 aliphatic carbocycles. The Morgan fingerprint density at radius 1 is 0.463 bits per heavy atom. The predicted octanol–water partition coefficient (Wildman–Crippen LogP) is 15.2. The summed E-state index contributed by atoms with van der Waals surface area (Å²) in [7, 11) is 0. The van der Waals surface area contributed by atoms with Crippen LogP contribution in [-0.2, 0) is 5.41 Å². The molecule has 3 nitrogen and oxygen atoms in total. The maximum Gasteiger partial charge on any atom is 0.0741 e. The predicted molar refractivity (Wildman–Crippen MR) is 283 cm³/mol. The Kier molecular flexibility index (Phi) is 9.09. The molecule has 0 amide bonds. The van der Waals surface area contributed by atoms with Crippen molar-refractivity contribution in [3.05, 3.63) is 276 Å². The van der Waals surface area contributed by atoms with E-state index in [-0.39, 0.29) is 0 Å². The van der Waals surface area contributed by atoms with Gasteiger partial charge in [-0.05, 0) is 135 Å². The SMILES string of the molecule is C=C/C=c1\c(=C/N(c2ccccc2)c2ccc3c(c2)C2(c4ccccc4-c4ccc(N(c5ccccc5)c5ccccc5)cc42)c2c-3sc3ccccc23)c2ccccc2n1-c1ccccc1. The molecule has 11 aromatic rings. The third-order valence-corrected chi connectivity index (χ3v) is 15.0. The second-order valence-corrected chi connectivity index (χ2v) is 18.3. The lowest BCUT2D eigenvalue weighted by molar-refractivity contribution is 0.802. The van der Waals surface area contributed by atoms with Gasteiger partial charge in [-0.15, -0.1) is 11.3 Å². The molecule has 4 heteroatoms. The molecule has 0 bridgehead atoms. The number of anilines is 5. The average Bonchev–Trinajstić information content (AvgIpc) is 4.10. The van der Waals surface area contributed by atoms with Gasteiger partial charge in [0.25, 0.3) is 0 Å². The Bertz CT molecular complexity index is 3790. The zero-order valence-electron chi connectivity index (χ0n) is 36.6.